The summed E-state index contributed by atoms with van der Waals surface area (Å²) in [6.45, 7) is 2.62. The number of nitrogens with zero attached hydrogens (tertiary/aromatic N) is 2. The highest BCUT2D eigenvalue weighted by atomic mass is 16.3. The lowest BCUT2D eigenvalue weighted by atomic mass is 9.90. The van der Waals surface area contributed by atoms with E-state index in [2.05, 4.69) is 0 Å². The molecule has 0 aromatic rings. The SMILES string of the molecule is CC(=O)N(C)[C@H]1CN2CC[C@H](O)C2[C@@H](O)[C@@H]1O. The van der Waals surface area contributed by atoms with Crippen LogP contribution in [0.2, 0.25) is 0 Å². The van der Waals surface area contributed by atoms with Crippen LogP contribution in [-0.4, -0.2) is 81.6 Å². The van der Waals surface area contributed by atoms with Crippen molar-refractivity contribution in [2.24, 2.45) is 0 Å². The molecule has 6 nitrogen and oxygen atoms in total. The van der Waals surface area contributed by atoms with E-state index in [1.807, 2.05) is 4.90 Å². The number of hydrogen-bond acceptors (Lipinski definition) is 5. The molecule has 1 unspecified atom stereocenters. The van der Waals surface area contributed by atoms with Gasteiger partial charge in [0.2, 0.25) is 5.91 Å². The fourth-order valence-corrected chi connectivity index (χ4v) is 2.88. The number of aliphatic hydroxyl groups excluding tert-OH is 3. The Hall–Kier alpha value is -0.690. The number of rotatable bonds is 1. The highest BCUT2D eigenvalue weighted by Gasteiger charge is 2.49. The van der Waals surface area contributed by atoms with Gasteiger partial charge in [-0.15, -0.1) is 0 Å². The Balaban J connectivity index is 2.15. The number of carbonyl (C=O) groups excluding carboxylic acids is 1. The lowest BCUT2D eigenvalue weighted by Crippen LogP contribution is -2.65. The van der Waals surface area contributed by atoms with Gasteiger partial charge in [-0.1, -0.05) is 0 Å². The highest BCUT2D eigenvalue weighted by molar-refractivity contribution is 5.73. The van der Waals surface area contributed by atoms with E-state index in [1.54, 1.807) is 7.05 Å². The number of aliphatic hydroxyl groups is 3. The molecule has 98 valence electrons. The quantitative estimate of drug-likeness (QED) is 0.497. The van der Waals surface area contributed by atoms with Gasteiger partial charge in [0.1, 0.15) is 6.10 Å². The van der Waals surface area contributed by atoms with Gasteiger partial charge in [-0.2, -0.15) is 0 Å². The van der Waals surface area contributed by atoms with Gasteiger partial charge in [-0.3, -0.25) is 9.69 Å². The standard InChI is InChI=1S/C11H20N2O4/c1-6(14)12(2)7-5-13-4-3-8(15)9(13)11(17)10(7)16/h7-11,15-17H,3-5H2,1-2H3/t7-,8-,9?,10+,11+/m0/s1. The normalized spacial score (nSPS) is 42.3. The second-order valence-corrected chi connectivity index (χ2v) is 5.02. The van der Waals surface area contributed by atoms with Crippen LogP contribution >= 0.6 is 0 Å². The fourth-order valence-electron chi connectivity index (χ4n) is 2.88. The van der Waals surface area contributed by atoms with Crippen molar-refractivity contribution in [1.29, 1.82) is 0 Å². The average molecular weight is 244 g/mol. The summed E-state index contributed by atoms with van der Waals surface area (Å²) in [6, 6.07) is -0.814. The Morgan fingerprint density at radius 2 is 1.94 bits per heavy atom. The van der Waals surface area contributed by atoms with Crippen molar-refractivity contribution in [3.05, 3.63) is 0 Å². The number of hydrogen-bond donors (Lipinski definition) is 3. The van der Waals surface area contributed by atoms with Crippen molar-refractivity contribution in [2.75, 3.05) is 20.1 Å². The Labute approximate surface area is 100 Å². The molecule has 0 aliphatic carbocycles. The molecular weight excluding hydrogens is 224 g/mol. The van der Waals surface area contributed by atoms with Crippen molar-refractivity contribution >= 4 is 5.91 Å². The largest absolute Gasteiger partial charge is 0.391 e. The molecule has 0 aromatic heterocycles. The molecule has 0 bridgehead atoms. The summed E-state index contributed by atoms with van der Waals surface area (Å²) in [6.07, 6.45) is -2.00. The van der Waals surface area contributed by atoms with E-state index in [0.717, 1.165) is 0 Å². The molecule has 2 rings (SSSR count). The molecule has 1 amide bonds. The molecule has 0 spiro atoms. The van der Waals surface area contributed by atoms with Crippen molar-refractivity contribution in [3.63, 3.8) is 0 Å². The number of likely N-dealkylation sites (N-methyl/N-ethyl adjacent to an activating group) is 1. The average Bonchev–Trinajstić information content (AvgIpc) is 2.64. The second kappa shape index (κ2) is 4.53. The summed E-state index contributed by atoms with van der Waals surface area (Å²) >= 11 is 0. The van der Waals surface area contributed by atoms with Crippen molar-refractivity contribution in [3.8, 4) is 0 Å². The maximum Gasteiger partial charge on any atom is 0.219 e. The van der Waals surface area contributed by atoms with E-state index in [1.165, 1.54) is 11.8 Å². The Morgan fingerprint density at radius 3 is 2.53 bits per heavy atom. The van der Waals surface area contributed by atoms with E-state index >= 15 is 0 Å². The van der Waals surface area contributed by atoms with Crippen molar-refractivity contribution in [2.45, 2.75) is 43.7 Å². The minimum atomic E-state index is -1.01. The predicted molar refractivity (Wildman–Crippen MR) is 60.2 cm³/mol. The van der Waals surface area contributed by atoms with Crippen LogP contribution in [0.3, 0.4) is 0 Å². The maximum atomic E-state index is 11.3. The van der Waals surface area contributed by atoms with Crippen LogP contribution in [0.4, 0.5) is 0 Å². The van der Waals surface area contributed by atoms with Gasteiger partial charge in [0, 0.05) is 27.1 Å². The zero-order valence-electron chi connectivity index (χ0n) is 10.2. The Morgan fingerprint density at radius 1 is 1.29 bits per heavy atom. The van der Waals surface area contributed by atoms with Gasteiger partial charge < -0.3 is 20.2 Å². The summed E-state index contributed by atoms with van der Waals surface area (Å²) in [7, 11) is 1.62. The summed E-state index contributed by atoms with van der Waals surface area (Å²) in [5, 5.41) is 29.8. The summed E-state index contributed by atoms with van der Waals surface area (Å²) in [5.74, 6) is -0.139. The third kappa shape index (κ3) is 2.06. The zero-order valence-corrected chi connectivity index (χ0v) is 10.2. The summed E-state index contributed by atoms with van der Waals surface area (Å²) in [5.41, 5.74) is 0. The first kappa shape index (κ1) is 12.8. The maximum absolute atomic E-state index is 11.3. The van der Waals surface area contributed by atoms with Crippen LogP contribution in [0.25, 0.3) is 0 Å². The molecule has 2 aliphatic rings. The second-order valence-electron chi connectivity index (χ2n) is 5.02. The van der Waals surface area contributed by atoms with Crippen molar-refractivity contribution in [1.82, 2.24) is 9.80 Å². The molecule has 0 saturated carbocycles. The first-order valence-corrected chi connectivity index (χ1v) is 5.95. The van der Waals surface area contributed by atoms with Gasteiger partial charge in [0.25, 0.3) is 0 Å². The number of fused-ring (bicyclic) bond motifs is 1. The lowest BCUT2D eigenvalue weighted by molar-refractivity contribution is -0.147. The smallest absolute Gasteiger partial charge is 0.219 e. The molecule has 6 heteroatoms. The summed E-state index contributed by atoms with van der Waals surface area (Å²) < 4.78 is 0. The Kier molecular flexibility index (Phi) is 3.40. The molecule has 2 aliphatic heterocycles. The number of piperidine rings is 1. The van der Waals surface area contributed by atoms with E-state index in [9.17, 15) is 20.1 Å². The number of amides is 1. The minimum Gasteiger partial charge on any atom is -0.391 e. The molecular formula is C11H20N2O4. The summed E-state index contributed by atoms with van der Waals surface area (Å²) in [4.78, 5) is 14.7. The van der Waals surface area contributed by atoms with Gasteiger partial charge in [-0.05, 0) is 6.42 Å². The molecule has 2 fully saturated rings. The van der Waals surface area contributed by atoms with E-state index in [-0.39, 0.29) is 5.91 Å². The Bertz CT molecular complexity index is 312. The monoisotopic (exact) mass is 244 g/mol. The van der Waals surface area contributed by atoms with Crippen LogP contribution in [0.15, 0.2) is 0 Å². The van der Waals surface area contributed by atoms with E-state index in [0.29, 0.717) is 19.5 Å². The molecule has 17 heavy (non-hydrogen) atoms. The van der Waals surface area contributed by atoms with Gasteiger partial charge >= 0.3 is 0 Å². The molecule has 5 atom stereocenters. The van der Waals surface area contributed by atoms with Gasteiger partial charge in [0.15, 0.2) is 0 Å². The van der Waals surface area contributed by atoms with Gasteiger partial charge in [0.05, 0.1) is 24.3 Å². The van der Waals surface area contributed by atoms with Crippen LogP contribution in [0, 0.1) is 0 Å². The number of carbonyl (C=O) groups is 1. The third-order valence-corrected chi connectivity index (χ3v) is 4.04. The van der Waals surface area contributed by atoms with E-state index in [4.69, 9.17) is 0 Å². The van der Waals surface area contributed by atoms with Crippen LogP contribution in [-0.2, 0) is 4.79 Å². The lowest BCUT2D eigenvalue weighted by Gasteiger charge is -2.45. The molecule has 2 heterocycles. The third-order valence-electron chi connectivity index (χ3n) is 4.04. The molecule has 0 radical (unpaired) electrons. The minimum absolute atomic E-state index is 0.139. The fraction of sp³-hybridized carbons (Fsp3) is 0.909. The topological polar surface area (TPSA) is 84.2 Å². The van der Waals surface area contributed by atoms with Gasteiger partial charge in [-0.25, -0.2) is 0 Å². The molecule has 2 saturated heterocycles. The van der Waals surface area contributed by atoms with E-state index < -0.39 is 30.4 Å². The van der Waals surface area contributed by atoms with Crippen LogP contribution in [0.1, 0.15) is 13.3 Å². The van der Waals surface area contributed by atoms with Crippen molar-refractivity contribution < 1.29 is 20.1 Å². The first-order chi connectivity index (χ1) is 7.93. The zero-order chi connectivity index (χ0) is 12.7. The first-order valence-electron chi connectivity index (χ1n) is 5.95. The molecule has 0 aromatic carbocycles. The predicted octanol–water partition coefficient (Wildman–Crippen LogP) is -2.00. The molecule has 3 N–H and O–H groups in total. The van der Waals surface area contributed by atoms with Crippen LogP contribution in [0.5, 0.6) is 0 Å². The highest BCUT2D eigenvalue weighted by Crippen LogP contribution is 2.29. The van der Waals surface area contributed by atoms with Crippen LogP contribution < -0.4 is 0 Å².